The number of pyridine rings is 1. The number of nitrogens with zero attached hydrogens (tertiary/aromatic N) is 2. The lowest BCUT2D eigenvalue weighted by Crippen LogP contribution is -2.09. The minimum atomic E-state index is -4.41. The highest BCUT2D eigenvalue weighted by Gasteiger charge is 2.30. The van der Waals surface area contributed by atoms with Crippen LogP contribution in [0.1, 0.15) is 16.8 Å². The van der Waals surface area contributed by atoms with E-state index in [1.54, 1.807) is 18.2 Å². The number of hydrogen-bond donors (Lipinski definition) is 1. The standard InChI is InChI=1S/C21H15F6N3/c22-20(23,24)14-4-8-16(9-5-14)28-13-12-17-2-1-3-19(29-17)30-18-10-6-15(7-11-18)21(25,26)27/h1-11,13H,12H2,(H,29,30). The van der Waals surface area contributed by atoms with Crippen LogP contribution in [0, 0.1) is 0 Å². The van der Waals surface area contributed by atoms with E-state index < -0.39 is 23.5 Å². The molecule has 0 aliphatic rings. The lowest BCUT2D eigenvalue weighted by Gasteiger charge is -2.06. The van der Waals surface area contributed by atoms with Crippen LogP contribution in [0.15, 0.2) is 76.7 Å². The first-order chi connectivity index (χ1) is 14.1. The maximum Gasteiger partial charge on any atom is 0.416 e. The second-order valence-corrected chi connectivity index (χ2v) is 6.28. The van der Waals surface area contributed by atoms with E-state index in [1.165, 1.54) is 30.5 Å². The van der Waals surface area contributed by atoms with Crippen molar-refractivity contribution in [2.24, 2.45) is 9.98 Å². The molecule has 156 valence electrons. The Hall–Kier alpha value is -3.36. The van der Waals surface area contributed by atoms with Gasteiger partial charge in [-0.1, -0.05) is 6.07 Å². The monoisotopic (exact) mass is 423 g/mol. The van der Waals surface area contributed by atoms with Crippen LogP contribution < -0.4 is 5.49 Å². The van der Waals surface area contributed by atoms with Crippen LogP contribution >= 0.6 is 0 Å². The molecule has 0 fully saturated rings. The number of aromatic amines is 1. The van der Waals surface area contributed by atoms with E-state index in [0.29, 0.717) is 23.3 Å². The Morgan fingerprint density at radius 3 is 1.77 bits per heavy atom. The van der Waals surface area contributed by atoms with Crippen molar-refractivity contribution in [3.63, 3.8) is 0 Å². The van der Waals surface area contributed by atoms with Gasteiger partial charge in [0.1, 0.15) is 5.49 Å². The average Bonchev–Trinajstić information content (AvgIpc) is 2.68. The second-order valence-electron chi connectivity index (χ2n) is 6.28. The van der Waals surface area contributed by atoms with Gasteiger partial charge in [0.2, 0.25) is 0 Å². The molecule has 1 N–H and O–H groups in total. The quantitative estimate of drug-likeness (QED) is 0.382. The Morgan fingerprint density at radius 2 is 1.23 bits per heavy atom. The third-order valence-corrected chi connectivity index (χ3v) is 4.03. The van der Waals surface area contributed by atoms with E-state index in [2.05, 4.69) is 15.0 Å². The molecule has 0 bridgehead atoms. The van der Waals surface area contributed by atoms with Crippen LogP contribution in [0.5, 0.6) is 0 Å². The zero-order valence-corrected chi connectivity index (χ0v) is 15.3. The van der Waals surface area contributed by atoms with E-state index in [9.17, 15) is 26.3 Å². The van der Waals surface area contributed by atoms with E-state index in [0.717, 1.165) is 30.0 Å². The number of aliphatic imine (C=N–C) groups is 1. The molecule has 3 nitrogen and oxygen atoms in total. The van der Waals surface area contributed by atoms with Crippen molar-refractivity contribution < 1.29 is 26.3 Å². The highest BCUT2D eigenvalue weighted by atomic mass is 19.4. The Labute approximate surface area is 167 Å². The number of hydrogen-bond acceptors (Lipinski definition) is 2. The summed E-state index contributed by atoms with van der Waals surface area (Å²) in [5.74, 6) is 0. The smallest absolute Gasteiger partial charge is 0.343 e. The predicted molar refractivity (Wildman–Crippen MR) is 101 cm³/mol. The number of nitrogens with one attached hydrogen (secondary N) is 1. The molecule has 1 heterocycles. The first-order valence-corrected chi connectivity index (χ1v) is 8.71. The van der Waals surface area contributed by atoms with Gasteiger partial charge in [-0.15, -0.1) is 0 Å². The van der Waals surface area contributed by atoms with Gasteiger partial charge in [0.15, 0.2) is 0 Å². The summed E-state index contributed by atoms with van der Waals surface area (Å²) in [7, 11) is 0. The minimum absolute atomic E-state index is 0.356. The van der Waals surface area contributed by atoms with E-state index >= 15 is 0 Å². The molecule has 0 aliphatic heterocycles. The third-order valence-electron chi connectivity index (χ3n) is 4.03. The topological polar surface area (TPSA) is 40.5 Å². The van der Waals surface area contributed by atoms with Crippen LogP contribution in [0.4, 0.5) is 37.7 Å². The van der Waals surface area contributed by atoms with Crippen molar-refractivity contribution >= 4 is 17.6 Å². The summed E-state index contributed by atoms with van der Waals surface area (Å²) in [6.07, 6.45) is -6.90. The molecular formula is C21H15F6N3. The molecule has 0 amide bonds. The van der Waals surface area contributed by atoms with Crippen molar-refractivity contribution in [2.75, 3.05) is 0 Å². The predicted octanol–water partition coefficient (Wildman–Crippen LogP) is 6.23. The van der Waals surface area contributed by atoms with Crippen molar-refractivity contribution in [1.29, 1.82) is 0 Å². The largest absolute Gasteiger partial charge is 0.416 e. The van der Waals surface area contributed by atoms with Gasteiger partial charge in [0, 0.05) is 18.3 Å². The SMILES string of the molecule is FC(F)(F)c1ccc(N=CCc2cccc(=Nc3ccc(C(F)(F)F)cc3)[nH]2)cc1. The molecule has 1 aromatic heterocycles. The molecule has 0 spiro atoms. The van der Waals surface area contributed by atoms with Gasteiger partial charge in [0.05, 0.1) is 22.5 Å². The number of aromatic nitrogens is 1. The van der Waals surface area contributed by atoms with Gasteiger partial charge >= 0.3 is 12.4 Å². The molecule has 0 atom stereocenters. The second kappa shape index (κ2) is 8.56. The van der Waals surface area contributed by atoms with E-state index in [-0.39, 0.29) is 0 Å². The lowest BCUT2D eigenvalue weighted by molar-refractivity contribution is -0.138. The summed E-state index contributed by atoms with van der Waals surface area (Å²) in [5, 5.41) is 0. The number of halogens is 6. The first kappa shape index (κ1) is 21.4. The fourth-order valence-corrected chi connectivity index (χ4v) is 2.54. The van der Waals surface area contributed by atoms with Gasteiger partial charge in [0.25, 0.3) is 0 Å². The molecule has 2 aromatic carbocycles. The van der Waals surface area contributed by atoms with Crippen LogP contribution in [0.25, 0.3) is 0 Å². The molecule has 0 unspecified atom stereocenters. The number of benzene rings is 2. The Balaban J connectivity index is 1.69. The molecule has 3 rings (SSSR count). The van der Waals surface area contributed by atoms with Crippen molar-refractivity contribution in [3.05, 3.63) is 89.0 Å². The maximum absolute atomic E-state index is 12.6. The Bertz CT molecular complexity index is 1080. The van der Waals surface area contributed by atoms with Gasteiger partial charge in [-0.3, -0.25) is 4.99 Å². The Kier molecular flexibility index (Phi) is 6.09. The zero-order chi connectivity index (χ0) is 21.8. The third kappa shape index (κ3) is 5.82. The first-order valence-electron chi connectivity index (χ1n) is 8.71. The average molecular weight is 423 g/mol. The molecule has 9 heteroatoms. The summed E-state index contributed by atoms with van der Waals surface area (Å²) >= 11 is 0. The molecule has 0 saturated heterocycles. The highest BCUT2D eigenvalue weighted by Crippen LogP contribution is 2.31. The molecule has 30 heavy (non-hydrogen) atoms. The summed E-state index contributed by atoms with van der Waals surface area (Å²) in [4.78, 5) is 11.4. The number of H-pyrrole nitrogens is 1. The molecule has 0 radical (unpaired) electrons. The van der Waals surface area contributed by atoms with Crippen LogP contribution in [0.2, 0.25) is 0 Å². The summed E-state index contributed by atoms with van der Waals surface area (Å²) in [6, 6.07) is 14.1. The van der Waals surface area contributed by atoms with Gasteiger partial charge in [-0.05, 0) is 60.7 Å². The van der Waals surface area contributed by atoms with Crippen molar-refractivity contribution in [1.82, 2.24) is 4.98 Å². The van der Waals surface area contributed by atoms with E-state index in [1.807, 2.05) is 0 Å². The van der Waals surface area contributed by atoms with Gasteiger partial charge < -0.3 is 4.98 Å². The summed E-state index contributed by atoms with van der Waals surface area (Å²) < 4.78 is 75.5. The summed E-state index contributed by atoms with van der Waals surface area (Å²) in [6.45, 7) is 0. The molecule has 0 saturated carbocycles. The number of rotatable bonds is 4. The fourth-order valence-electron chi connectivity index (χ4n) is 2.54. The highest BCUT2D eigenvalue weighted by molar-refractivity contribution is 5.65. The van der Waals surface area contributed by atoms with E-state index in [4.69, 9.17) is 0 Å². The molecule has 3 aromatic rings. The minimum Gasteiger partial charge on any atom is -0.343 e. The van der Waals surface area contributed by atoms with Gasteiger partial charge in [-0.2, -0.15) is 26.3 Å². The van der Waals surface area contributed by atoms with Crippen LogP contribution in [-0.4, -0.2) is 11.2 Å². The maximum atomic E-state index is 12.6. The van der Waals surface area contributed by atoms with Crippen molar-refractivity contribution in [3.8, 4) is 0 Å². The summed E-state index contributed by atoms with van der Waals surface area (Å²) in [5.41, 5.74) is 0.406. The molecular weight excluding hydrogens is 408 g/mol. The number of alkyl halides is 6. The van der Waals surface area contributed by atoms with Crippen LogP contribution in [0.3, 0.4) is 0 Å². The molecule has 0 aliphatic carbocycles. The fraction of sp³-hybridized carbons (Fsp3) is 0.143. The Morgan fingerprint density at radius 1 is 0.700 bits per heavy atom. The lowest BCUT2D eigenvalue weighted by atomic mass is 10.2. The normalized spacial score (nSPS) is 13.2. The van der Waals surface area contributed by atoms with Crippen molar-refractivity contribution in [2.45, 2.75) is 18.8 Å². The van der Waals surface area contributed by atoms with Gasteiger partial charge in [-0.25, -0.2) is 4.99 Å². The van der Waals surface area contributed by atoms with Crippen LogP contribution in [-0.2, 0) is 18.8 Å². The zero-order valence-electron chi connectivity index (χ0n) is 15.3.